The molecule has 0 spiro atoms. The third-order valence-electron chi connectivity index (χ3n) is 4.18. The maximum absolute atomic E-state index is 10.7. The molecule has 114 valence electrons. The molecule has 2 aromatic heterocycles. The maximum Gasteiger partial charge on any atom is 0.186 e. The summed E-state index contributed by atoms with van der Waals surface area (Å²) < 4.78 is 2.91. The predicted octanol–water partition coefficient (Wildman–Crippen LogP) is 1.92. The largest absolute Gasteiger partial charge is 0.388 e. The zero-order valence-electron chi connectivity index (χ0n) is 12.1. The van der Waals surface area contributed by atoms with Crippen LogP contribution in [0.3, 0.4) is 0 Å². The van der Waals surface area contributed by atoms with E-state index in [0.29, 0.717) is 19.4 Å². The topological polar surface area (TPSA) is 67.1 Å². The van der Waals surface area contributed by atoms with E-state index in [1.54, 1.807) is 28.4 Å². The first-order chi connectivity index (χ1) is 10.7. The Morgan fingerprint density at radius 3 is 2.77 bits per heavy atom. The van der Waals surface area contributed by atoms with Crippen LogP contribution in [0.1, 0.15) is 12.8 Å². The number of hydrogen-bond donors (Lipinski definition) is 1. The molecule has 0 amide bonds. The van der Waals surface area contributed by atoms with Crippen LogP contribution in [0.25, 0.3) is 10.2 Å². The molecule has 0 aliphatic carbocycles. The fourth-order valence-corrected chi connectivity index (χ4v) is 3.90. The number of nitrogens with zero attached hydrogens (tertiary/aromatic N) is 5. The number of para-hydroxylation sites is 1. The lowest BCUT2D eigenvalue weighted by molar-refractivity contribution is -0.00345. The molecule has 0 bridgehead atoms. The second-order valence-electron chi connectivity index (χ2n) is 5.78. The summed E-state index contributed by atoms with van der Waals surface area (Å²) in [6.45, 7) is 2.12. The molecule has 6 nitrogen and oxygen atoms in total. The Labute approximate surface area is 132 Å². The summed E-state index contributed by atoms with van der Waals surface area (Å²) in [6, 6.07) is 8.19. The van der Waals surface area contributed by atoms with Crippen molar-refractivity contribution in [3.63, 3.8) is 0 Å². The highest BCUT2D eigenvalue weighted by Crippen LogP contribution is 2.32. The van der Waals surface area contributed by atoms with E-state index in [4.69, 9.17) is 4.98 Å². The Hall–Kier alpha value is -1.99. The van der Waals surface area contributed by atoms with E-state index in [1.165, 1.54) is 4.70 Å². The minimum Gasteiger partial charge on any atom is -0.388 e. The van der Waals surface area contributed by atoms with E-state index >= 15 is 0 Å². The summed E-state index contributed by atoms with van der Waals surface area (Å²) in [5.74, 6) is 0. The highest BCUT2D eigenvalue weighted by molar-refractivity contribution is 7.22. The number of fused-ring (bicyclic) bond motifs is 1. The van der Waals surface area contributed by atoms with Gasteiger partial charge in [0, 0.05) is 19.3 Å². The zero-order valence-corrected chi connectivity index (χ0v) is 12.9. The van der Waals surface area contributed by atoms with Crippen LogP contribution in [0.4, 0.5) is 5.13 Å². The van der Waals surface area contributed by atoms with Crippen molar-refractivity contribution in [3.8, 4) is 0 Å². The number of rotatable bonds is 3. The summed E-state index contributed by atoms with van der Waals surface area (Å²) >= 11 is 1.71. The lowest BCUT2D eigenvalue weighted by atomic mass is 9.91. The molecule has 0 saturated carbocycles. The van der Waals surface area contributed by atoms with Gasteiger partial charge in [-0.25, -0.2) is 9.67 Å². The van der Waals surface area contributed by atoms with Gasteiger partial charge in [-0.2, -0.15) is 0 Å². The number of aromatic nitrogens is 4. The molecule has 0 unspecified atom stereocenters. The second-order valence-corrected chi connectivity index (χ2v) is 6.79. The molecule has 1 aliphatic rings. The second kappa shape index (κ2) is 5.33. The molecular formula is C15H17N5OS. The molecule has 1 fully saturated rings. The fourth-order valence-electron chi connectivity index (χ4n) is 2.89. The van der Waals surface area contributed by atoms with Crippen LogP contribution >= 0.6 is 11.3 Å². The van der Waals surface area contributed by atoms with Crippen LogP contribution in [-0.4, -0.2) is 43.8 Å². The molecule has 7 heteroatoms. The van der Waals surface area contributed by atoms with Crippen molar-refractivity contribution >= 4 is 26.7 Å². The van der Waals surface area contributed by atoms with Gasteiger partial charge in [0.1, 0.15) is 0 Å². The first-order valence-corrected chi connectivity index (χ1v) is 8.21. The summed E-state index contributed by atoms with van der Waals surface area (Å²) in [5, 5.41) is 19.5. The summed E-state index contributed by atoms with van der Waals surface area (Å²) in [4.78, 5) is 6.96. The predicted molar refractivity (Wildman–Crippen MR) is 86.0 cm³/mol. The highest BCUT2D eigenvalue weighted by Gasteiger charge is 2.33. The van der Waals surface area contributed by atoms with E-state index in [-0.39, 0.29) is 0 Å². The average molecular weight is 315 g/mol. The van der Waals surface area contributed by atoms with Crippen LogP contribution in [0.5, 0.6) is 0 Å². The lowest BCUT2D eigenvalue weighted by Crippen LogP contribution is -2.47. The number of benzene rings is 1. The van der Waals surface area contributed by atoms with Crippen LogP contribution < -0.4 is 4.90 Å². The Morgan fingerprint density at radius 1 is 1.23 bits per heavy atom. The van der Waals surface area contributed by atoms with Gasteiger partial charge in [-0.3, -0.25) is 0 Å². The maximum atomic E-state index is 10.7. The van der Waals surface area contributed by atoms with Gasteiger partial charge < -0.3 is 10.0 Å². The minimum atomic E-state index is -0.707. The number of hydrogen-bond acceptors (Lipinski definition) is 6. The third-order valence-corrected chi connectivity index (χ3v) is 5.27. The van der Waals surface area contributed by atoms with E-state index in [2.05, 4.69) is 21.3 Å². The van der Waals surface area contributed by atoms with Crippen molar-refractivity contribution < 1.29 is 5.11 Å². The Morgan fingerprint density at radius 2 is 2.05 bits per heavy atom. The van der Waals surface area contributed by atoms with Gasteiger partial charge in [0.2, 0.25) is 0 Å². The molecule has 1 aliphatic heterocycles. The van der Waals surface area contributed by atoms with Crippen molar-refractivity contribution in [3.05, 3.63) is 36.7 Å². The first kappa shape index (κ1) is 13.7. The van der Waals surface area contributed by atoms with Crippen molar-refractivity contribution in [1.29, 1.82) is 0 Å². The Bertz CT molecular complexity index is 728. The van der Waals surface area contributed by atoms with Gasteiger partial charge in [0.25, 0.3) is 0 Å². The van der Waals surface area contributed by atoms with Gasteiger partial charge in [-0.15, -0.1) is 5.10 Å². The van der Waals surface area contributed by atoms with Crippen LogP contribution in [0.2, 0.25) is 0 Å². The number of piperidine rings is 1. The first-order valence-electron chi connectivity index (χ1n) is 7.39. The normalized spacial score (nSPS) is 18.0. The Kier molecular flexibility index (Phi) is 3.31. The van der Waals surface area contributed by atoms with E-state index in [1.807, 2.05) is 18.2 Å². The van der Waals surface area contributed by atoms with Crippen LogP contribution in [-0.2, 0) is 6.54 Å². The average Bonchev–Trinajstić information content (AvgIpc) is 3.16. The summed E-state index contributed by atoms with van der Waals surface area (Å²) in [5.41, 5.74) is 0.340. The number of anilines is 1. The quantitative estimate of drug-likeness (QED) is 0.800. The van der Waals surface area contributed by atoms with Crippen LogP contribution in [0, 0.1) is 0 Å². The minimum absolute atomic E-state index is 0.501. The fraction of sp³-hybridized carbons (Fsp3) is 0.400. The summed E-state index contributed by atoms with van der Waals surface area (Å²) in [7, 11) is 0. The molecule has 1 aromatic carbocycles. The van der Waals surface area contributed by atoms with Crippen molar-refractivity contribution in [1.82, 2.24) is 20.0 Å². The van der Waals surface area contributed by atoms with Crippen molar-refractivity contribution in [2.75, 3.05) is 18.0 Å². The smallest absolute Gasteiger partial charge is 0.186 e. The molecule has 0 atom stereocenters. The van der Waals surface area contributed by atoms with Gasteiger partial charge in [-0.1, -0.05) is 28.7 Å². The van der Waals surface area contributed by atoms with Crippen LogP contribution in [0.15, 0.2) is 36.7 Å². The molecule has 1 N–H and O–H groups in total. The van der Waals surface area contributed by atoms with Crippen molar-refractivity contribution in [2.24, 2.45) is 0 Å². The zero-order chi connectivity index (χ0) is 15.0. The van der Waals surface area contributed by atoms with E-state index in [9.17, 15) is 5.11 Å². The number of thiazole rings is 1. The molecular weight excluding hydrogens is 298 g/mol. The molecule has 1 saturated heterocycles. The molecule has 4 rings (SSSR count). The molecule has 0 radical (unpaired) electrons. The SMILES string of the molecule is OC1(Cn2ccnn2)CCN(c2nc3ccccc3s2)CC1. The van der Waals surface area contributed by atoms with Gasteiger partial charge in [0.15, 0.2) is 5.13 Å². The third kappa shape index (κ3) is 2.57. The standard InChI is InChI=1S/C15H17N5OS/c21-15(11-20-10-7-16-18-20)5-8-19(9-6-15)14-17-12-3-1-2-4-13(12)22-14/h1-4,7,10,21H,5-6,8-9,11H2. The molecule has 22 heavy (non-hydrogen) atoms. The van der Waals surface area contributed by atoms with Gasteiger partial charge in [0.05, 0.1) is 28.6 Å². The monoisotopic (exact) mass is 315 g/mol. The highest BCUT2D eigenvalue weighted by atomic mass is 32.1. The van der Waals surface area contributed by atoms with E-state index < -0.39 is 5.60 Å². The van der Waals surface area contributed by atoms with Crippen molar-refractivity contribution in [2.45, 2.75) is 25.0 Å². The Balaban J connectivity index is 1.47. The number of aliphatic hydroxyl groups is 1. The summed E-state index contributed by atoms with van der Waals surface area (Å²) in [6.07, 6.45) is 4.85. The molecule has 3 heterocycles. The lowest BCUT2D eigenvalue weighted by Gasteiger charge is -2.37. The van der Waals surface area contributed by atoms with E-state index in [0.717, 1.165) is 23.7 Å². The van der Waals surface area contributed by atoms with Gasteiger partial charge >= 0.3 is 0 Å². The van der Waals surface area contributed by atoms with Gasteiger partial charge in [-0.05, 0) is 25.0 Å². The molecule has 3 aromatic rings.